The standard InChI is InChI=1S/C17H33FN8O/c1-9-5-20-7-12(14(9)26-10(2)3-4-22-26)23-17(27)13-15(19)24-25-8-11(18)6-21-16(13)25/h9-16,20-22,24H,3-8,19H2,1-2H3,(H,23,27). The Morgan fingerprint density at radius 3 is 2.81 bits per heavy atom. The molecule has 4 aliphatic rings. The highest BCUT2D eigenvalue weighted by Crippen LogP contribution is 2.25. The third-order valence-electron chi connectivity index (χ3n) is 6.43. The summed E-state index contributed by atoms with van der Waals surface area (Å²) in [7, 11) is 0. The second-order valence-electron chi connectivity index (χ2n) is 8.48. The third-order valence-corrected chi connectivity index (χ3v) is 6.43. The maximum Gasteiger partial charge on any atom is 0.229 e. The lowest BCUT2D eigenvalue weighted by molar-refractivity contribution is -0.128. The Kier molecular flexibility index (Phi) is 5.66. The molecule has 4 heterocycles. The molecule has 1 amide bonds. The van der Waals surface area contributed by atoms with Crippen LogP contribution in [-0.2, 0) is 4.79 Å². The molecule has 8 atom stereocenters. The Labute approximate surface area is 159 Å². The van der Waals surface area contributed by atoms with Gasteiger partial charge in [-0.3, -0.25) is 15.5 Å². The number of amides is 1. The second-order valence-corrected chi connectivity index (χ2v) is 8.48. The van der Waals surface area contributed by atoms with Gasteiger partial charge in [-0.15, -0.1) is 0 Å². The molecular formula is C17H33FN8O. The van der Waals surface area contributed by atoms with Crippen LogP contribution in [0.25, 0.3) is 0 Å². The summed E-state index contributed by atoms with van der Waals surface area (Å²) >= 11 is 0. The van der Waals surface area contributed by atoms with E-state index >= 15 is 0 Å². The zero-order chi connectivity index (χ0) is 19.1. The molecule has 0 aliphatic carbocycles. The largest absolute Gasteiger partial charge is 0.350 e. The van der Waals surface area contributed by atoms with Crippen molar-refractivity contribution in [3.8, 4) is 0 Å². The molecule has 0 aromatic heterocycles. The number of halogens is 1. The minimum absolute atomic E-state index is 0.00642. The van der Waals surface area contributed by atoms with Crippen molar-refractivity contribution in [3.63, 3.8) is 0 Å². The predicted molar refractivity (Wildman–Crippen MR) is 99.7 cm³/mol. The first-order valence-corrected chi connectivity index (χ1v) is 10.1. The molecular weight excluding hydrogens is 351 g/mol. The number of carbonyl (C=O) groups excluding carboxylic acids is 1. The molecule has 4 saturated heterocycles. The van der Waals surface area contributed by atoms with Crippen molar-refractivity contribution in [1.29, 1.82) is 0 Å². The predicted octanol–water partition coefficient (Wildman–Crippen LogP) is -2.33. The summed E-state index contributed by atoms with van der Waals surface area (Å²) in [6.45, 7) is 7.58. The van der Waals surface area contributed by atoms with E-state index in [4.69, 9.17) is 5.73 Å². The van der Waals surface area contributed by atoms with Gasteiger partial charge in [-0.25, -0.2) is 19.8 Å². The Balaban J connectivity index is 1.46. The maximum absolute atomic E-state index is 13.6. The van der Waals surface area contributed by atoms with Crippen molar-refractivity contribution in [1.82, 2.24) is 36.8 Å². The smallest absolute Gasteiger partial charge is 0.229 e. The number of hydrogen-bond donors (Lipinski definition) is 6. The minimum Gasteiger partial charge on any atom is -0.350 e. The SMILES string of the molecule is CC1CNCC(NC(=O)C2C(N)NN3CC(F)CNC23)C1N1NCCC1C. The van der Waals surface area contributed by atoms with Crippen LogP contribution in [0.2, 0.25) is 0 Å². The number of alkyl halides is 1. The Morgan fingerprint density at radius 1 is 1.26 bits per heavy atom. The quantitative estimate of drug-likeness (QED) is 0.322. The third kappa shape index (κ3) is 3.71. The molecule has 154 valence electrons. The van der Waals surface area contributed by atoms with Crippen LogP contribution < -0.4 is 32.5 Å². The van der Waals surface area contributed by atoms with E-state index in [0.29, 0.717) is 12.0 Å². The van der Waals surface area contributed by atoms with Crippen LogP contribution in [0, 0.1) is 11.8 Å². The van der Waals surface area contributed by atoms with Crippen molar-refractivity contribution in [3.05, 3.63) is 0 Å². The van der Waals surface area contributed by atoms with E-state index in [0.717, 1.165) is 26.1 Å². The zero-order valence-electron chi connectivity index (χ0n) is 16.1. The summed E-state index contributed by atoms with van der Waals surface area (Å²) in [5.41, 5.74) is 12.7. The fourth-order valence-electron chi connectivity index (χ4n) is 5.06. The summed E-state index contributed by atoms with van der Waals surface area (Å²) in [6.07, 6.45) is -0.648. The summed E-state index contributed by atoms with van der Waals surface area (Å²) in [5.74, 6) is -0.131. The topological polar surface area (TPSA) is 110 Å². The van der Waals surface area contributed by atoms with E-state index in [2.05, 4.69) is 45.7 Å². The van der Waals surface area contributed by atoms with E-state index in [9.17, 15) is 9.18 Å². The van der Waals surface area contributed by atoms with Crippen LogP contribution in [0.5, 0.6) is 0 Å². The highest BCUT2D eigenvalue weighted by molar-refractivity contribution is 5.81. The summed E-state index contributed by atoms with van der Waals surface area (Å²) < 4.78 is 13.6. The lowest BCUT2D eigenvalue weighted by Crippen LogP contribution is -2.67. The molecule has 9 nitrogen and oxygen atoms in total. The van der Waals surface area contributed by atoms with Crippen molar-refractivity contribution >= 4 is 5.91 Å². The number of fused-ring (bicyclic) bond motifs is 1. The van der Waals surface area contributed by atoms with Gasteiger partial charge in [0.05, 0.1) is 24.3 Å². The molecule has 0 saturated carbocycles. The van der Waals surface area contributed by atoms with Gasteiger partial charge in [-0.2, -0.15) is 0 Å². The highest BCUT2D eigenvalue weighted by Gasteiger charge is 2.48. The number of rotatable bonds is 3. The van der Waals surface area contributed by atoms with E-state index in [1.807, 2.05) is 0 Å². The lowest BCUT2D eigenvalue weighted by Gasteiger charge is -2.44. The van der Waals surface area contributed by atoms with Crippen LogP contribution in [0.15, 0.2) is 0 Å². The van der Waals surface area contributed by atoms with E-state index < -0.39 is 18.3 Å². The number of piperidine rings is 1. The van der Waals surface area contributed by atoms with Crippen molar-refractivity contribution in [2.75, 3.05) is 32.7 Å². The summed E-state index contributed by atoms with van der Waals surface area (Å²) in [5, 5.41) is 13.9. The average molecular weight is 385 g/mol. The Bertz CT molecular complexity index is 553. The summed E-state index contributed by atoms with van der Waals surface area (Å²) in [6, 6.07) is 0.666. The number of nitrogens with one attached hydrogen (secondary N) is 5. The summed E-state index contributed by atoms with van der Waals surface area (Å²) in [4.78, 5) is 13.2. The average Bonchev–Trinajstić information content (AvgIpc) is 3.17. The Hall–Kier alpha value is -0.880. The monoisotopic (exact) mass is 384 g/mol. The first-order chi connectivity index (χ1) is 13.0. The minimum atomic E-state index is -0.960. The van der Waals surface area contributed by atoms with Gasteiger partial charge in [0.25, 0.3) is 0 Å². The molecule has 0 radical (unpaired) electrons. The van der Waals surface area contributed by atoms with Gasteiger partial charge >= 0.3 is 0 Å². The number of hydrogen-bond acceptors (Lipinski definition) is 8. The number of carbonyl (C=O) groups is 1. The number of nitrogens with two attached hydrogens (primary N) is 1. The molecule has 4 fully saturated rings. The van der Waals surface area contributed by atoms with Crippen molar-refractivity contribution < 1.29 is 9.18 Å². The normalized spacial score (nSPS) is 46.4. The molecule has 8 unspecified atom stereocenters. The number of hydrazine groups is 2. The van der Waals surface area contributed by atoms with Gasteiger partial charge in [-0.1, -0.05) is 6.92 Å². The van der Waals surface area contributed by atoms with Crippen molar-refractivity contribution in [2.45, 2.75) is 56.9 Å². The molecule has 4 rings (SSSR count). The van der Waals surface area contributed by atoms with Gasteiger partial charge in [0.1, 0.15) is 6.17 Å². The zero-order valence-corrected chi connectivity index (χ0v) is 16.1. The van der Waals surface area contributed by atoms with Crippen LogP contribution in [0.4, 0.5) is 4.39 Å². The van der Waals surface area contributed by atoms with Crippen LogP contribution >= 0.6 is 0 Å². The molecule has 0 aromatic rings. The molecule has 10 heteroatoms. The van der Waals surface area contributed by atoms with E-state index in [1.165, 1.54) is 0 Å². The second kappa shape index (κ2) is 7.86. The first-order valence-electron chi connectivity index (χ1n) is 10.1. The van der Waals surface area contributed by atoms with Gasteiger partial charge in [0.2, 0.25) is 5.91 Å². The Morgan fingerprint density at radius 2 is 2.07 bits per heavy atom. The van der Waals surface area contributed by atoms with Crippen LogP contribution in [-0.4, -0.2) is 85.3 Å². The first kappa shape index (κ1) is 19.4. The molecule has 0 spiro atoms. The number of nitrogens with zero attached hydrogens (tertiary/aromatic N) is 2. The van der Waals surface area contributed by atoms with Gasteiger partial charge < -0.3 is 16.4 Å². The molecule has 0 bridgehead atoms. The lowest BCUT2D eigenvalue weighted by atomic mass is 9.89. The van der Waals surface area contributed by atoms with Gasteiger partial charge in [0.15, 0.2) is 0 Å². The van der Waals surface area contributed by atoms with Crippen LogP contribution in [0.1, 0.15) is 20.3 Å². The fraction of sp³-hybridized carbons (Fsp3) is 0.941. The molecule has 4 aliphatic heterocycles. The fourth-order valence-corrected chi connectivity index (χ4v) is 5.06. The van der Waals surface area contributed by atoms with E-state index in [-0.39, 0.29) is 37.2 Å². The highest BCUT2D eigenvalue weighted by atomic mass is 19.1. The molecule has 7 N–H and O–H groups in total. The van der Waals surface area contributed by atoms with Gasteiger partial charge in [0, 0.05) is 38.3 Å². The molecule has 0 aromatic carbocycles. The molecule has 27 heavy (non-hydrogen) atoms. The van der Waals surface area contributed by atoms with E-state index in [1.54, 1.807) is 5.01 Å². The van der Waals surface area contributed by atoms with Crippen LogP contribution in [0.3, 0.4) is 0 Å². The van der Waals surface area contributed by atoms with Crippen molar-refractivity contribution in [2.24, 2.45) is 17.6 Å². The maximum atomic E-state index is 13.6. The van der Waals surface area contributed by atoms with Gasteiger partial charge in [-0.05, 0) is 25.8 Å².